The normalized spacial score (nSPS) is 28.0. The molecule has 2 N–H and O–H groups in total. The Labute approximate surface area is 195 Å². The molecule has 1 aromatic rings. The second kappa shape index (κ2) is 9.99. The topological polar surface area (TPSA) is 100 Å². The smallest absolute Gasteiger partial charge is 0.455 e. The SMILES string of the molecule is CCCN1C(=O)[C@@H]2[C@@H](CC(CC)=C3[C@@H](CC/C(C)=C/c4ccc(CO)o4)OB(O)C[C@@H]32)C1=O. The first-order valence-corrected chi connectivity index (χ1v) is 12.1. The molecule has 0 unspecified atom stereocenters. The van der Waals surface area contributed by atoms with Gasteiger partial charge >= 0.3 is 7.12 Å². The molecule has 2 saturated heterocycles. The first-order chi connectivity index (χ1) is 15.9. The van der Waals surface area contributed by atoms with Gasteiger partial charge in [-0.05, 0) is 75.0 Å². The van der Waals surface area contributed by atoms with Gasteiger partial charge in [-0.2, -0.15) is 0 Å². The summed E-state index contributed by atoms with van der Waals surface area (Å²) in [4.78, 5) is 27.7. The first kappa shape index (κ1) is 24.0. The van der Waals surface area contributed by atoms with Gasteiger partial charge in [0.25, 0.3) is 0 Å². The monoisotopic (exact) mass is 455 g/mol. The highest BCUT2D eigenvalue weighted by atomic mass is 16.5. The summed E-state index contributed by atoms with van der Waals surface area (Å²) in [5, 5.41) is 19.7. The van der Waals surface area contributed by atoms with Crippen LogP contribution in [0.3, 0.4) is 0 Å². The molecular weight excluding hydrogens is 421 g/mol. The van der Waals surface area contributed by atoms with E-state index in [2.05, 4.69) is 6.92 Å². The molecule has 3 aliphatic rings. The van der Waals surface area contributed by atoms with Gasteiger partial charge in [-0.25, -0.2) is 0 Å². The number of carbonyl (C=O) groups excluding carboxylic acids is 2. The van der Waals surface area contributed by atoms with Crippen molar-refractivity contribution in [2.24, 2.45) is 17.8 Å². The molecule has 7 nitrogen and oxygen atoms in total. The Hall–Kier alpha value is -2.16. The fourth-order valence-corrected chi connectivity index (χ4v) is 5.84. The van der Waals surface area contributed by atoms with Gasteiger partial charge < -0.3 is 19.2 Å². The molecule has 0 bridgehead atoms. The van der Waals surface area contributed by atoms with Crippen LogP contribution in [0, 0.1) is 17.8 Å². The van der Waals surface area contributed by atoms with Crippen LogP contribution in [0.4, 0.5) is 0 Å². The van der Waals surface area contributed by atoms with Crippen molar-refractivity contribution in [3.05, 3.63) is 40.4 Å². The fourth-order valence-electron chi connectivity index (χ4n) is 5.84. The summed E-state index contributed by atoms with van der Waals surface area (Å²) in [6.45, 7) is 6.42. The second-order valence-electron chi connectivity index (χ2n) is 9.49. The van der Waals surface area contributed by atoms with Crippen LogP contribution in [0.15, 0.2) is 33.3 Å². The number of fused-ring (bicyclic) bond motifs is 3. The van der Waals surface area contributed by atoms with E-state index in [0.717, 1.165) is 30.4 Å². The molecule has 0 spiro atoms. The zero-order chi connectivity index (χ0) is 23.7. The zero-order valence-electron chi connectivity index (χ0n) is 19.8. The minimum atomic E-state index is -0.940. The Morgan fingerprint density at radius 2 is 2.03 bits per heavy atom. The number of rotatable bonds is 8. The third-order valence-electron chi connectivity index (χ3n) is 7.30. The van der Waals surface area contributed by atoms with Crippen molar-refractivity contribution >= 4 is 25.0 Å². The van der Waals surface area contributed by atoms with Crippen LogP contribution in [0.5, 0.6) is 0 Å². The molecule has 0 aromatic carbocycles. The average molecular weight is 455 g/mol. The van der Waals surface area contributed by atoms with E-state index in [0.29, 0.717) is 37.2 Å². The number of allylic oxidation sites excluding steroid dienone is 2. The van der Waals surface area contributed by atoms with Gasteiger partial charge in [-0.15, -0.1) is 0 Å². The second-order valence-corrected chi connectivity index (χ2v) is 9.49. The van der Waals surface area contributed by atoms with Gasteiger partial charge in [0, 0.05) is 6.54 Å². The van der Waals surface area contributed by atoms with Crippen molar-refractivity contribution in [3.63, 3.8) is 0 Å². The predicted octanol–water partition coefficient (Wildman–Crippen LogP) is 3.57. The first-order valence-electron chi connectivity index (χ1n) is 12.1. The number of carbonyl (C=O) groups is 2. The van der Waals surface area contributed by atoms with Gasteiger partial charge in [0.05, 0.1) is 17.9 Å². The number of hydrogen-bond donors (Lipinski definition) is 2. The van der Waals surface area contributed by atoms with Crippen LogP contribution >= 0.6 is 0 Å². The van der Waals surface area contributed by atoms with Crippen LogP contribution in [0.25, 0.3) is 6.08 Å². The predicted molar refractivity (Wildman–Crippen MR) is 125 cm³/mol. The summed E-state index contributed by atoms with van der Waals surface area (Å²) in [5.74, 6) is 0.260. The Bertz CT molecular complexity index is 966. The van der Waals surface area contributed by atoms with E-state index in [1.54, 1.807) is 6.07 Å². The molecular formula is C25H34BNO6. The molecule has 0 radical (unpaired) electrons. The maximum absolute atomic E-state index is 13.2. The van der Waals surface area contributed by atoms with Crippen molar-refractivity contribution < 1.29 is 28.8 Å². The van der Waals surface area contributed by atoms with E-state index in [4.69, 9.17) is 9.07 Å². The van der Waals surface area contributed by atoms with Crippen molar-refractivity contribution in [1.82, 2.24) is 4.90 Å². The summed E-state index contributed by atoms with van der Waals surface area (Å²) in [6, 6.07) is 3.58. The average Bonchev–Trinajstić information content (AvgIpc) is 3.34. The van der Waals surface area contributed by atoms with Crippen molar-refractivity contribution in [2.45, 2.75) is 71.9 Å². The lowest BCUT2D eigenvalue weighted by Crippen LogP contribution is -2.46. The minimum Gasteiger partial charge on any atom is -0.459 e. The van der Waals surface area contributed by atoms with E-state index in [9.17, 15) is 19.7 Å². The summed E-state index contributed by atoms with van der Waals surface area (Å²) < 4.78 is 11.5. The lowest BCUT2D eigenvalue weighted by molar-refractivity contribution is -0.140. The quantitative estimate of drug-likeness (QED) is 0.353. The number of aliphatic hydroxyl groups excluding tert-OH is 1. The van der Waals surface area contributed by atoms with Crippen molar-refractivity contribution in [3.8, 4) is 0 Å². The lowest BCUT2D eigenvalue weighted by Gasteiger charge is -2.43. The van der Waals surface area contributed by atoms with Gasteiger partial charge in [0.2, 0.25) is 11.8 Å². The van der Waals surface area contributed by atoms with Crippen LogP contribution < -0.4 is 0 Å². The molecule has 1 aliphatic carbocycles. The number of likely N-dealkylation sites (tertiary alicyclic amines) is 1. The number of imide groups is 1. The molecule has 4 rings (SSSR count). The molecule has 3 heterocycles. The minimum absolute atomic E-state index is 0.0474. The third-order valence-corrected chi connectivity index (χ3v) is 7.30. The maximum atomic E-state index is 13.2. The molecule has 0 saturated carbocycles. The Kier molecular flexibility index (Phi) is 7.26. The standard InChI is InChI=1S/C25H34BNO6/c1-4-10-27-24(29)19-12-16(5-2)22-20(23(19)25(27)30)13-26(31)33-21(22)9-6-15(3)11-17-7-8-18(14-28)32-17/h7-8,11,19-21,23,28,31H,4-6,9-10,12-14H2,1-3H3/b15-11+/t19-,20+,21-,23-/m1/s1. The summed E-state index contributed by atoms with van der Waals surface area (Å²) in [6.07, 6.45) is 5.63. The molecule has 2 amide bonds. The molecule has 178 valence electrons. The van der Waals surface area contributed by atoms with Crippen LogP contribution in [0.2, 0.25) is 6.32 Å². The Morgan fingerprint density at radius 3 is 2.70 bits per heavy atom. The van der Waals surface area contributed by atoms with E-state index >= 15 is 0 Å². The maximum Gasteiger partial charge on any atom is 0.455 e. The zero-order valence-corrected chi connectivity index (χ0v) is 19.8. The fraction of sp³-hybridized carbons (Fsp3) is 0.600. The van der Waals surface area contributed by atoms with Crippen LogP contribution in [-0.4, -0.2) is 46.6 Å². The number of aliphatic hydroxyl groups is 1. The van der Waals surface area contributed by atoms with Crippen molar-refractivity contribution in [2.75, 3.05) is 6.54 Å². The van der Waals surface area contributed by atoms with Crippen LogP contribution in [0.1, 0.15) is 64.4 Å². The summed E-state index contributed by atoms with van der Waals surface area (Å²) >= 11 is 0. The van der Waals surface area contributed by atoms with Gasteiger partial charge in [0.1, 0.15) is 18.1 Å². The molecule has 2 fully saturated rings. The molecule has 8 heteroatoms. The molecule has 4 atom stereocenters. The van der Waals surface area contributed by atoms with Gasteiger partial charge in [-0.3, -0.25) is 14.5 Å². The van der Waals surface area contributed by atoms with Gasteiger partial charge in [-0.1, -0.05) is 25.0 Å². The van der Waals surface area contributed by atoms with E-state index in [1.165, 1.54) is 10.5 Å². The third kappa shape index (κ3) is 4.61. The van der Waals surface area contributed by atoms with E-state index in [1.807, 2.05) is 26.0 Å². The highest BCUT2D eigenvalue weighted by Crippen LogP contribution is 2.51. The highest BCUT2D eigenvalue weighted by Gasteiger charge is 2.56. The number of nitrogens with zero attached hydrogens (tertiary/aromatic N) is 1. The summed E-state index contributed by atoms with van der Waals surface area (Å²) in [5.41, 5.74) is 3.44. The lowest BCUT2D eigenvalue weighted by atomic mass is 9.58. The Morgan fingerprint density at radius 1 is 1.24 bits per heavy atom. The summed E-state index contributed by atoms with van der Waals surface area (Å²) in [7, 11) is -0.940. The molecule has 1 aromatic heterocycles. The van der Waals surface area contributed by atoms with Crippen LogP contribution in [-0.2, 0) is 20.9 Å². The van der Waals surface area contributed by atoms with Gasteiger partial charge in [0.15, 0.2) is 0 Å². The molecule has 33 heavy (non-hydrogen) atoms. The largest absolute Gasteiger partial charge is 0.459 e. The van der Waals surface area contributed by atoms with E-state index in [-0.39, 0.29) is 42.3 Å². The van der Waals surface area contributed by atoms with Crippen molar-refractivity contribution in [1.29, 1.82) is 0 Å². The van der Waals surface area contributed by atoms with E-state index < -0.39 is 7.12 Å². The number of hydrogen-bond acceptors (Lipinski definition) is 6. The molecule has 2 aliphatic heterocycles. The number of amides is 2. The number of furan rings is 1. The Balaban J connectivity index is 1.56. The highest BCUT2D eigenvalue weighted by molar-refractivity contribution is 6.43.